The third kappa shape index (κ3) is 5.52. The van der Waals surface area contributed by atoms with Crippen LogP contribution in [0.3, 0.4) is 0 Å². The minimum absolute atomic E-state index is 0.0108. The van der Waals surface area contributed by atoms with Crippen LogP contribution < -0.4 is 5.32 Å². The Morgan fingerprint density at radius 3 is 2.33 bits per heavy atom. The molecule has 4 rings (SSSR count). The van der Waals surface area contributed by atoms with E-state index in [4.69, 9.17) is 4.74 Å². The van der Waals surface area contributed by atoms with Gasteiger partial charge in [-0.2, -0.15) is 0 Å². The molecule has 0 unspecified atom stereocenters. The molecule has 2 heterocycles. The van der Waals surface area contributed by atoms with E-state index in [0.717, 1.165) is 11.8 Å². The highest BCUT2D eigenvalue weighted by atomic mass is 32.2. The smallest absolute Gasteiger partial charge is 0.341 e. The number of halogens is 2. The highest BCUT2D eigenvalue weighted by Gasteiger charge is 2.23. The molecule has 11 heteroatoms. The lowest BCUT2D eigenvalue weighted by molar-refractivity contribution is -0.113. The van der Waals surface area contributed by atoms with Gasteiger partial charge >= 0.3 is 5.97 Å². The zero-order valence-electron chi connectivity index (χ0n) is 19.0. The number of hydrogen-bond acceptors (Lipinski definition) is 7. The summed E-state index contributed by atoms with van der Waals surface area (Å²) in [4.78, 5) is 25.3. The lowest BCUT2D eigenvalue weighted by atomic mass is 10.0. The van der Waals surface area contributed by atoms with Crippen LogP contribution in [-0.4, -0.2) is 39.5 Å². The molecule has 184 valence electrons. The fourth-order valence-electron chi connectivity index (χ4n) is 3.39. The van der Waals surface area contributed by atoms with E-state index in [2.05, 4.69) is 22.1 Å². The summed E-state index contributed by atoms with van der Waals surface area (Å²) in [5.74, 6) is -1.23. The van der Waals surface area contributed by atoms with Crippen LogP contribution in [0.1, 0.15) is 10.4 Å². The number of amides is 1. The Morgan fingerprint density at radius 1 is 1.08 bits per heavy atom. The highest BCUT2D eigenvalue weighted by Crippen LogP contribution is 2.36. The van der Waals surface area contributed by atoms with Gasteiger partial charge in [-0.15, -0.1) is 28.1 Å². The third-order valence-electron chi connectivity index (χ3n) is 5.05. The molecule has 4 aromatic rings. The summed E-state index contributed by atoms with van der Waals surface area (Å²) >= 11 is 2.33. The SMILES string of the molecule is C=CCn1c(SCC(=O)Nc2scc(-c3ccc(F)cc3)c2C(=O)OC)nnc1-c1ccc(F)cc1. The van der Waals surface area contributed by atoms with Gasteiger partial charge in [0.2, 0.25) is 5.91 Å². The molecule has 7 nitrogen and oxygen atoms in total. The minimum atomic E-state index is -0.617. The molecule has 1 N–H and O–H groups in total. The van der Waals surface area contributed by atoms with Crippen LogP contribution in [0.25, 0.3) is 22.5 Å². The number of thiophene rings is 1. The Morgan fingerprint density at radius 2 is 1.72 bits per heavy atom. The van der Waals surface area contributed by atoms with E-state index in [-0.39, 0.29) is 23.0 Å². The largest absolute Gasteiger partial charge is 0.465 e. The van der Waals surface area contributed by atoms with E-state index in [1.807, 2.05) is 0 Å². The van der Waals surface area contributed by atoms with Gasteiger partial charge in [0.1, 0.15) is 22.2 Å². The molecule has 0 atom stereocenters. The minimum Gasteiger partial charge on any atom is -0.465 e. The molecule has 1 amide bonds. The van der Waals surface area contributed by atoms with E-state index in [1.165, 1.54) is 42.7 Å². The van der Waals surface area contributed by atoms with Crippen LogP contribution >= 0.6 is 23.1 Å². The van der Waals surface area contributed by atoms with Crippen molar-refractivity contribution in [3.63, 3.8) is 0 Å². The van der Waals surface area contributed by atoms with Crippen LogP contribution in [0, 0.1) is 11.6 Å². The van der Waals surface area contributed by atoms with Gasteiger partial charge in [-0.25, -0.2) is 13.6 Å². The maximum Gasteiger partial charge on any atom is 0.341 e. The molecule has 2 aromatic carbocycles. The second-order valence-corrected chi connectivity index (χ2v) is 9.22. The number of ether oxygens (including phenoxy) is 1. The summed E-state index contributed by atoms with van der Waals surface area (Å²) in [6.07, 6.45) is 1.67. The summed E-state index contributed by atoms with van der Waals surface area (Å²) in [7, 11) is 1.25. The highest BCUT2D eigenvalue weighted by molar-refractivity contribution is 7.99. The number of allylic oxidation sites excluding steroid dienone is 1. The molecule has 0 saturated heterocycles. The van der Waals surface area contributed by atoms with Gasteiger partial charge in [0.05, 0.1) is 12.9 Å². The molecule has 0 fully saturated rings. The molecule has 36 heavy (non-hydrogen) atoms. The van der Waals surface area contributed by atoms with Crippen molar-refractivity contribution in [2.75, 3.05) is 18.2 Å². The van der Waals surface area contributed by atoms with Gasteiger partial charge < -0.3 is 10.1 Å². The zero-order valence-corrected chi connectivity index (χ0v) is 20.7. The number of rotatable bonds is 9. The number of carbonyl (C=O) groups is 2. The van der Waals surface area contributed by atoms with Crippen molar-refractivity contribution in [3.05, 3.63) is 83.8 Å². The number of esters is 1. The van der Waals surface area contributed by atoms with Crippen LogP contribution in [0.5, 0.6) is 0 Å². The molecule has 0 aliphatic carbocycles. The molecule has 0 saturated carbocycles. The number of methoxy groups -OCH3 is 1. The fraction of sp³-hybridized carbons (Fsp3) is 0.120. The molecular weight excluding hydrogens is 506 g/mol. The second-order valence-electron chi connectivity index (χ2n) is 7.40. The van der Waals surface area contributed by atoms with Crippen molar-refractivity contribution in [1.82, 2.24) is 14.8 Å². The van der Waals surface area contributed by atoms with Gasteiger partial charge in [-0.3, -0.25) is 9.36 Å². The van der Waals surface area contributed by atoms with Crippen molar-refractivity contribution in [1.29, 1.82) is 0 Å². The number of aromatic nitrogens is 3. The molecule has 0 aliphatic heterocycles. The average Bonchev–Trinajstić information content (AvgIpc) is 3.48. The third-order valence-corrected chi connectivity index (χ3v) is 6.91. The number of nitrogens with one attached hydrogen (secondary N) is 1. The van der Waals surface area contributed by atoms with E-state index in [9.17, 15) is 18.4 Å². The van der Waals surface area contributed by atoms with E-state index in [0.29, 0.717) is 39.2 Å². The van der Waals surface area contributed by atoms with Gasteiger partial charge in [0.15, 0.2) is 11.0 Å². The van der Waals surface area contributed by atoms with Crippen molar-refractivity contribution in [3.8, 4) is 22.5 Å². The summed E-state index contributed by atoms with van der Waals surface area (Å²) in [6, 6.07) is 11.6. The topological polar surface area (TPSA) is 86.1 Å². The van der Waals surface area contributed by atoms with Crippen LogP contribution in [0.15, 0.2) is 71.7 Å². The van der Waals surface area contributed by atoms with E-state index < -0.39 is 11.8 Å². The molecule has 0 spiro atoms. The second kappa shape index (κ2) is 11.3. The Bertz CT molecular complexity index is 1400. The first-order chi connectivity index (χ1) is 17.4. The number of carbonyl (C=O) groups excluding carboxylic acids is 2. The molecule has 0 radical (unpaired) electrons. The molecular formula is C25H20F2N4O3S2. The van der Waals surface area contributed by atoms with Crippen molar-refractivity contribution in [2.45, 2.75) is 11.7 Å². The maximum atomic E-state index is 13.3. The number of nitrogens with zero attached hydrogens (tertiary/aromatic N) is 3. The lowest BCUT2D eigenvalue weighted by Gasteiger charge is -2.09. The summed E-state index contributed by atoms with van der Waals surface area (Å²) < 4.78 is 33.3. The summed E-state index contributed by atoms with van der Waals surface area (Å²) in [5.41, 5.74) is 2.02. The molecule has 0 bridgehead atoms. The van der Waals surface area contributed by atoms with Crippen molar-refractivity contribution in [2.24, 2.45) is 0 Å². The van der Waals surface area contributed by atoms with E-state index >= 15 is 0 Å². The van der Waals surface area contributed by atoms with Gasteiger partial charge in [-0.1, -0.05) is 30.0 Å². The van der Waals surface area contributed by atoms with Crippen molar-refractivity contribution < 1.29 is 23.1 Å². The Balaban J connectivity index is 1.52. The van der Waals surface area contributed by atoms with Gasteiger partial charge in [0, 0.05) is 23.1 Å². The van der Waals surface area contributed by atoms with Crippen LogP contribution in [0.4, 0.5) is 13.8 Å². The molecule has 0 aliphatic rings. The zero-order chi connectivity index (χ0) is 25.7. The predicted molar refractivity (Wildman–Crippen MR) is 136 cm³/mol. The Kier molecular flexibility index (Phi) is 7.91. The first-order valence-electron chi connectivity index (χ1n) is 10.6. The number of hydrogen-bond donors (Lipinski definition) is 1. The van der Waals surface area contributed by atoms with Crippen LogP contribution in [0.2, 0.25) is 0 Å². The average molecular weight is 527 g/mol. The molecule has 2 aromatic heterocycles. The summed E-state index contributed by atoms with van der Waals surface area (Å²) in [5, 5.41) is 13.6. The number of thioether (sulfide) groups is 1. The van der Waals surface area contributed by atoms with E-state index in [1.54, 1.807) is 40.3 Å². The quantitative estimate of drug-likeness (QED) is 0.172. The summed E-state index contributed by atoms with van der Waals surface area (Å²) in [6.45, 7) is 4.15. The maximum absolute atomic E-state index is 13.3. The fourth-order valence-corrected chi connectivity index (χ4v) is 5.11. The number of anilines is 1. The van der Waals surface area contributed by atoms with Gasteiger partial charge in [-0.05, 0) is 42.0 Å². The van der Waals surface area contributed by atoms with Crippen molar-refractivity contribution >= 4 is 40.0 Å². The number of benzene rings is 2. The lowest BCUT2D eigenvalue weighted by Crippen LogP contribution is -2.16. The first-order valence-corrected chi connectivity index (χ1v) is 12.5. The standard InChI is InChI=1S/C25H20F2N4O3S2/c1-3-12-31-22(16-6-10-18(27)11-7-16)29-30-25(31)36-14-20(32)28-23-21(24(33)34-2)19(13-35-23)15-4-8-17(26)9-5-15/h3-11,13H,1,12,14H2,2H3,(H,28,32). The van der Waals surface area contributed by atoms with Gasteiger partial charge in [0.25, 0.3) is 0 Å². The Labute approximate surface area is 213 Å². The predicted octanol–water partition coefficient (Wildman–Crippen LogP) is 5.66. The Hall–Kier alpha value is -3.83. The first kappa shape index (κ1) is 25.3. The monoisotopic (exact) mass is 526 g/mol. The normalized spacial score (nSPS) is 10.8. The van der Waals surface area contributed by atoms with Crippen LogP contribution in [-0.2, 0) is 16.1 Å².